The summed E-state index contributed by atoms with van der Waals surface area (Å²) < 4.78 is 15.6. The minimum absolute atomic E-state index is 0.0629. The average molecular weight is 370 g/mol. The van der Waals surface area contributed by atoms with Crippen molar-refractivity contribution in [2.45, 2.75) is 18.2 Å². The highest BCUT2D eigenvalue weighted by molar-refractivity contribution is 5.77. The summed E-state index contributed by atoms with van der Waals surface area (Å²) >= 11 is 0. The Balaban J connectivity index is 2.00. The van der Waals surface area contributed by atoms with E-state index in [0.29, 0.717) is 0 Å². The molecule has 3 atom stereocenters. The SMILES string of the molecule is COC(=O)C1C(c2ccc(OC)cc2)N(C)C(c2ccc(OC)cc2)N1C. The van der Waals surface area contributed by atoms with Gasteiger partial charge in [0.15, 0.2) is 0 Å². The molecule has 2 aromatic carbocycles. The first-order valence-corrected chi connectivity index (χ1v) is 8.81. The summed E-state index contributed by atoms with van der Waals surface area (Å²) in [7, 11) is 8.71. The second kappa shape index (κ2) is 7.98. The Morgan fingerprint density at radius 1 is 0.778 bits per heavy atom. The molecule has 3 rings (SSSR count). The Labute approximate surface area is 160 Å². The van der Waals surface area contributed by atoms with Crippen molar-refractivity contribution >= 4 is 5.97 Å². The van der Waals surface area contributed by atoms with E-state index in [0.717, 1.165) is 22.6 Å². The van der Waals surface area contributed by atoms with Crippen molar-refractivity contribution in [1.29, 1.82) is 0 Å². The fourth-order valence-electron chi connectivity index (χ4n) is 3.92. The van der Waals surface area contributed by atoms with Crippen LogP contribution in [0, 0.1) is 0 Å². The van der Waals surface area contributed by atoms with Crippen molar-refractivity contribution in [3.8, 4) is 11.5 Å². The molecule has 1 saturated heterocycles. The van der Waals surface area contributed by atoms with E-state index in [9.17, 15) is 4.79 Å². The van der Waals surface area contributed by atoms with Gasteiger partial charge in [-0.2, -0.15) is 0 Å². The second-order valence-corrected chi connectivity index (χ2v) is 6.66. The maximum atomic E-state index is 12.6. The molecule has 1 aliphatic rings. The predicted octanol–water partition coefficient (Wildman–Crippen LogP) is 2.86. The van der Waals surface area contributed by atoms with E-state index in [1.54, 1.807) is 14.2 Å². The molecule has 0 spiro atoms. The van der Waals surface area contributed by atoms with Crippen LogP contribution in [0.3, 0.4) is 0 Å². The number of nitrogens with zero attached hydrogens (tertiary/aromatic N) is 2. The van der Waals surface area contributed by atoms with Gasteiger partial charge in [0.1, 0.15) is 17.5 Å². The Kier molecular flexibility index (Phi) is 5.68. The molecule has 2 aromatic rings. The third kappa shape index (κ3) is 3.50. The average Bonchev–Trinajstić information content (AvgIpc) is 2.97. The topological polar surface area (TPSA) is 51.2 Å². The maximum absolute atomic E-state index is 12.6. The zero-order valence-corrected chi connectivity index (χ0v) is 16.4. The molecule has 0 saturated carbocycles. The standard InChI is InChI=1S/C21H26N2O4/c1-22-18(14-6-10-16(25-3)11-7-14)19(21(24)27-5)23(2)20(22)15-8-12-17(26-4)13-9-15/h6-13,18-20H,1-5H3. The number of ether oxygens (including phenoxy) is 3. The van der Waals surface area contributed by atoms with E-state index in [-0.39, 0.29) is 18.2 Å². The maximum Gasteiger partial charge on any atom is 0.325 e. The Hall–Kier alpha value is -2.57. The third-order valence-electron chi connectivity index (χ3n) is 5.26. The second-order valence-electron chi connectivity index (χ2n) is 6.66. The lowest BCUT2D eigenvalue weighted by molar-refractivity contribution is -0.146. The van der Waals surface area contributed by atoms with Gasteiger partial charge in [-0.3, -0.25) is 14.6 Å². The van der Waals surface area contributed by atoms with Gasteiger partial charge in [-0.1, -0.05) is 24.3 Å². The molecule has 0 amide bonds. The highest BCUT2D eigenvalue weighted by atomic mass is 16.5. The summed E-state index contributed by atoms with van der Waals surface area (Å²) in [4.78, 5) is 16.9. The molecule has 1 heterocycles. The number of benzene rings is 2. The molecule has 3 unspecified atom stereocenters. The van der Waals surface area contributed by atoms with Crippen molar-refractivity contribution in [2.24, 2.45) is 0 Å². The monoisotopic (exact) mass is 370 g/mol. The predicted molar refractivity (Wildman–Crippen MR) is 103 cm³/mol. The van der Waals surface area contributed by atoms with Crippen molar-refractivity contribution in [1.82, 2.24) is 9.80 Å². The molecular formula is C21H26N2O4. The van der Waals surface area contributed by atoms with Crippen LogP contribution in [-0.4, -0.2) is 57.2 Å². The molecule has 1 aliphatic heterocycles. The quantitative estimate of drug-likeness (QED) is 0.755. The van der Waals surface area contributed by atoms with Gasteiger partial charge >= 0.3 is 5.97 Å². The summed E-state index contributed by atoms with van der Waals surface area (Å²) in [6, 6.07) is 15.2. The molecule has 27 heavy (non-hydrogen) atoms. The van der Waals surface area contributed by atoms with Crippen LogP contribution in [0.1, 0.15) is 23.3 Å². The van der Waals surface area contributed by atoms with Crippen LogP contribution < -0.4 is 9.47 Å². The first-order valence-electron chi connectivity index (χ1n) is 8.81. The van der Waals surface area contributed by atoms with Gasteiger partial charge in [0.05, 0.1) is 33.5 Å². The van der Waals surface area contributed by atoms with E-state index in [4.69, 9.17) is 14.2 Å². The molecule has 6 nitrogen and oxygen atoms in total. The molecule has 1 fully saturated rings. The lowest BCUT2D eigenvalue weighted by atomic mass is 9.99. The van der Waals surface area contributed by atoms with Gasteiger partial charge < -0.3 is 14.2 Å². The number of carbonyl (C=O) groups excluding carboxylic acids is 1. The van der Waals surface area contributed by atoms with Crippen molar-refractivity contribution in [2.75, 3.05) is 35.4 Å². The molecule has 6 heteroatoms. The zero-order valence-electron chi connectivity index (χ0n) is 16.4. The fraction of sp³-hybridized carbons (Fsp3) is 0.381. The number of carbonyl (C=O) groups is 1. The van der Waals surface area contributed by atoms with Crippen LogP contribution in [-0.2, 0) is 9.53 Å². The molecule has 144 valence electrons. The Morgan fingerprint density at radius 2 is 1.26 bits per heavy atom. The smallest absolute Gasteiger partial charge is 0.325 e. The van der Waals surface area contributed by atoms with Crippen LogP contribution >= 0.6 is 0 Å². The van der Waals surface area contributed by atoms with E-state index >= 15 is 0 Å². The third-order valence-corrected chi connectivity index (χ3v) is 5.26. The summed E-state index contributed by atoms with van der Waals surface area (Å²) in [6.07, 6.45) is -0.0629. The normalized spacial score (nSPS) is 23.2. The summed E-state index contributed by atoms with van der Waals surface area (Å²) in [5.74, 6) is 1.34. The van der Waals surface area contributed by atoms with Gasteiger partial charge in [0, 0.05) is 0 Å². The van der Waals surface area contributed by atoms with Gasteiger partial charge in [0.2, 0.25) is 0 Å². The van der Waals surface area contributed by atoms with Crippen molar-refractivity contribution < 1.29 is 19.0 Å². The van der Waals surface area contributed by atoms with Gasteiger partial charge in [-0.05, 0) is 49.5 Å². The summed E-state index contributed by atoms with van der Waals surface area (Å²) in [6.45, 7) is 0. The number of likely N-dealkylation sites (N-methyl/N-ethyl adjacent to an activating group) is 2. The number of esters is 1. The minimum atomic E-state index is -0.416. The number of rotatable bonds is 5. The number of methoxy groups -OCH3 is 3. The van der Waals surface area contributed by atoms with Gasteiger partial charge in [-0.15, -0.1) is 0 Å². The van der Waals surface area contributed by atoms with Gasteiger partial charge in [0.25, 0.3) is 0 Å². The molecular weight excluding hydrogens is 344 g/mol. The summed E-state index contributed by atoms with van der Waals surface area (Å²) in [5.41, 5.74) is 2.13. The highest BCUT2D eigenvalue weighted by Crippen LogP contribution is 2.44. The lowest BCUT2D eigenvalue weighted by Gasteiger charge is -2.27. The molecule has 0 radical (unpaired) electrons. The Bertz CT molecular complexity index is 776. The first kappa shape index (κ1) is 19.2. The van der Waals surface area contributed by atoms with Crippen LogP contribution in [0.5, 0.6) is 11.5 Å². The molecule has 0 N–H and O–H groups in total. The largest absolute Gasteiger partial charge is 0.497 e. The lowest BCUT2D eigenvalue weighted by Crippen LogP contribution is -2.38. The van der Waals surface area contributed by atoms with Crippen LogP contribution in [0.2, 0.25) is 0 Å². The molecule has 0 bridgehead atoms. The van der Waals surface area contributed by atoms with E-state index in [1.807, 2.05) is 62.6 Å². The van der Waals surface area contributed by atoms with Crippen molar-refractivity contribution in [3.05, 3.63) is 59.7 Å². The minimum Gasteiger partial charge on any atom is -0.497 e. The number of hydrogen-bond donors (Lipinski definition) is 0. The van der Waals surface area contributed by atoms with Crippen LogP contribution in [0.4, 0.5) is 0 Å². The van der Waals surface area contributed by atoms with E-state index in [2.05, 4.69) is 9.80 Å². The molecule has 0 aromatic heterocycles. The van der Waals surface area contributed by atoms with E-state index in [1.165, 1.54) is 7.11 Å². The molecule has 0 aliphatic carbocycles. The van der Waals surface area contributed by atoms with Crippen LogP contribution in [0.15, 0.2) is 48.5 Å². The van der Waals surface area contributed by atoms with E-state index < -0.39 is 6.04 Å². The Morgan fingerprint density at radius 3 is 1.70 bits per heavy atom. The summed E-state index contributed by atoms with van der Waals surface area (Å²) in [5, 5.41) is 0. The number of hydrogen-bond acceptors (Lipinski definition) is 6. The fourth-order valence-corrected chi connectivity index (χ4v) is 3.92. The first-order chi connectivity index (χ1) is 13.0. The zero-order chi connectivity index (χ0) is 19.6. The van der Waals surface area contributed by atoms with Crippen molar-refractivity contribution in [3.63, 3.8) is 0 Å². The van der Waals surface area contributed by atoms with Gasteiger partial charge in [-0.25, -0.2) is 0 Å². The van der Waals surface area contributed by atoms with Crippen LogP contribution in [0.25, 0.3) is 0 Å². The highest BCUT2D eigenvalue weighted by Gasteiger charge is 2.48.